The van der Waals surface area contributed by atoms with E-state index in [9.17, 15) is 4.79 Å². The lowest BCUT2D eigenvalue weighted by molar-refractivity contribution is 0.0950. The maximum absolute atomic E-state index is 11.7. The fourth-order valence-electron chi connectivity index (χ4n) is 1.52. The second-order valence-corrected chi connectivity index (χ2v) is 4.88. The number of nitrogens with zero attached hydrogens (tertiary/aromatic N) is 2. The first kappa shape index (κ1) is 14.3. The predicted molar refractivity (Wildman–Crippen MR) is 79.1 cm³/mol. The summed E-state index contributed by atoms with van der Waals surface area (Å²) in [4.78, 5) is 11.7. The zero-order chi connectivity index (χ0) is 14.5. The van der Waals surface area contributed by atoms with Gasteiger partial charge < -0.3 is 4.74 Å². The minimum Gasteiger partial charge on any atom is -0.496 e. The Morgan fingerprint density at radius 3 is 2.90 bits per heavy atom. The number of ether oxygens (including phenoxy) is 1. The Labute approximate surface area is 124 Å². The Balaban J connectivity index is 2.00. The zero-order valence-electron chi connectivity index (χ0n) is 11.0. The molecule has 1 aromatic carbocycles. The van der Waals surface area contributed by atoms with E-state index in [4.69, 9.17) is 4.74 Å². The molecule has 6 nitrogen and oxygen atoms in total. The maximum Gasteiger partial charge on any atom is 0.291 e. The SMILES string of the molecule is COc1ccc(/C=N\NC(=O)c2cc(C)[nH]n2)cc1Br. The van der Waals surface area contributed by atoms with Crippen molar-refractivity contribution in [2.24, 2.45) is 5.10 Å². The van der Waals surface area contributed by atoms with Gasteiger partial charge in [-0.3, -0.25) is 9.89 Å². The first-order valence-corrected chi connectivity index (χ1v) is 6.58. The number of carbonyl (C=O) groups is 1. The molecule has 1 amide bonds. The van der Waals surface area contributed by atoms with Crippen molar-refractivity contribution in [3.63, 3.8) is 0 Å². The predicted octanol–water partition coefficient (Wildman–Crippen LogP) is 2.25. The Morgan fingerprint density at radius 2 is 2.30 bits per heavy atom. The largest absolute Gasteiger partial charge is 0.496 e. The number of hydrogen-bond acceptors (Lipinski definition) is 4. The van der Waals surface area contributed by atoms with Crippen LogP contribution in [0.3, 0.4) is 0 Å². The number of aromatic nitrogens is 2. The van der Waals surface area contributed by atoms with Crippen LogP contribution >= 0.6 is 15.9 Å². The van der Waals surface area contributed by atoms with Gasteiger partial charge in [-0.05, 0) is 52.7 Å². The molecule has 0 saturated carbocycles. The number of aryl methyl sites for hydroxylation is 1. The highest BCUT2D eigenvalue weighted by Crippen LogP contribution is 2.24. The molecule has 1 aromatic heterocycles. The second-order valence-electron chi connectivity index (χ2n) is 4.03. The van der Waals surface area contributed by atoms with Crippen molar-refractivity contribution < 1.29 is 9.53 Å². The highest BCUT2D eigenvalue weighted by Gasteiger charge is 2.07. The van der Waals surface area contributed by atoms with E-state index in [1.807, 2.05) is 25.1 Å². The third kappa shape index (κ3) is 3.45. The van der Waals surface area contributed by atoms with Gasteiger partial charge in [0.05, 0.1) is 17.8 Å². The van der Waals surface area contributed by atoms with Crippen LogP contribution in [0.15, 0.2) is 33.8 Å². The lowest BCUT2D eigenvalue weighted by Gasteiger charge is -2.03. The van der Waals surface area contributed by atoms with Crippen LogP contribution in [0, 0.1) is 6.92 Å². The van der Waals surface area contributed by atoms with Crippen LogP contribution in [-0.4, -0.2) is 29.4 Å². The summed E-state index contributed by atoms with van der Waals surface area (Å²) in [6.45, 7) is 1.82. The third-order valence-electron chi connectivity index (χ3n) is 2.49. The molecule has 1 heterocycles. The van der Waals surface area contributed by atoms with Crippen molar-refractivity contribution in [3.05, 3.63) is 45.7 Å². The fourth-order valence-corrected chi connectivity index (χ4v) is 2.08. The lowest BCUT2D eigenvalue weighted by atomic mass is 10.2. The standard InChI is InChI=1S/C13H13BrN4O2/c1-8-5-11(17-16-8)13(19)18-15-7-9-3-4-12(20-2)10(14)6-9/h3-7H,1-2H3,(H,16,17)(H,18,19)/b15-7-. The molecule has 2 N–H and O–H groups in total. The summed E-state index contributed by atoms with van der Waals surface area (Å²) in [5.74, 6) is 0.372. The first-order valence-electron chi connectivity index (χ1n) is 5.79. The van der Waals surface area contributed by atoms with Gasteiger partial charge in [0, 0.05) is 5.69 Å². The molecule has 0 aliphatic heterocycles. The second kappa shape index (κ2) is 6.33. The van der Waals surface area contributed by atoms with E-state index in [2.05, 4.69) is 36.7 Å². The van der Waals surface area contributed by atoms with E-state index in [1.165, 1.54) is 0 Å². The van der Waals surface area contributed by atoms with E-state index in [0.29, 0.717) is 5.69 Å². The van der Waals surface area contributed by atoms with Crippen molar-refractivity contribution >= 4 is 28.1 Å². The third-order valence-corrected chi connectivity index (χ3v) is 3.11. The van der Waals surface area contributed by atoms with Gasteiger partial charge in [-0.1, -0.05) is 0 Å². The first-order chi connectivity index (χ1) is 9.60. The number of benzene rings is 1. The number of carbonyl (C=O) groups excluding carboxylic acids is 1. The van der Waals surface area contributed by atoms with Gasteiger partial charge in [0.2, 0.25) is 0 Å². The van der Waals surface area contributed by atoms with Crippen molar-refractivity contribution in [1.82, 2.24) is 15.6 Å². The monoisotopic (exact) mass is 336 g/mol. The Hall–Kier alpha value is -2.15. The molecule has 7 heteroatoms. The Kier molecular flexibility index (Phi) is 4.52. The number of methoxy groups -OCH3 is 1. The van der Waals surface area contributed by atoms with E-state index in [1.54, 1.807) is 19.4 Å². The molecule has 0 atom stereocenters. The number of amides is 1. The molecule has 104 valence electrons. The van der Waals surface area contributed by atoms with Gasteiger partial charge in [-0.25, -0.2) is 5.43 Å². The van der Waals surface area contributed by atoms with Crippen LogP contribution in [0.5, 0.6) is 5.75 Å². The summed E-state index contributed by atoms with van der Waals surface area (Å²) in [6.07, 6.45) is 1.54. The van der Waals surface area contributed by atoms with E-state index < -0.39 is 0 Å². The average Bonchev–Trinajstić information content (AvgIpc) is 2.85. The average molecular weight is 337 g/mol. The minimum atomic E-state index is -0.363. The van der Waals surface area contributed by atoms with Crippen molar-refractivity contribution in [2.45, 2.75) is 6.92 Å². The molecule has 2 aromatic rings. The van der Waals surface area contributed by atoms with Crippen LogP contribution in [0.4, 0.5) is 0 Å². The van der Waals surface area contributed by atoms with Gasteiger partial charge in [-0.15, -0.1) is 0 Å². The van der Waals surface area contributed by atoms with E-state index in [-0.39, 0.29) is 5.91 Å². The minimum absolute atomic E-state index is 0.301. The number of rotatable bonds is 4. The molecule has 0 bridgehead atoms. The summed E-state index contributed by atoms with van der Waals surface area (Å²) in [6, 6.07) is 7.13. The summed E-state index contributed by atoms with van der Waals surface area (Å²) in [5.41, 5.74) is 4.36. The molecule has 2 rings (SSSR count). The fraction of sp³-hybridized carbons (Fsp3) is 0.154. The molecule has 0 aliphatic carbocycles. The molecule has 0 radical (unpaired) electrons. The lowest BCUT2D eigenvalue weighted by Crippen LogP contribution is -2.18. The quantitative estimate of drug-likeness (QED) is 0.663. The van der Waals surface area contributed by atoms with Crippen molar-refractivity contribution in [3.8, 4) is 5.75 Å². The molecular formula is C13H13BrN4O2. The normalized spacial score (nSPS) is 10.8. The Morgan fingerprint density at radius 1 is 1.50 bits per heavy atom. The highest BCUT2D eigenvalue weighted by atomic mass is 79.9. The maximum atomic E-state index is 11.7. The number of aromatic amines is 1. The van der Waals surface area contributed by atoms with Crippen LogP contribution in [0.2, 0.25) is 0 Å². The molecule has 20 heavy (non-hydrogen) atoms. The zero-order valence-corrected chi connectivity index (χ0v) is 12.6. The number of hydrazone groups is 1. The molecular weight excluding hydrogens is 324 g/mol. The Bertz CT molecular complexity index is 652. The van der Waals surface area contributed by atoms with Gasteiger partial charge in [0.1, 0.15) is 5.75 Å². The molecule has 0 fully saturated rings. The van der Waals surface area contributed by atoms with Crippen molar-refractivity contribution in [1.29, 1.82) is 0 Å². The smallest absolute Gasteiger partial charge is 0.291 e. The summed E-state index contributed by atoms with van der Waals surface area (Å²) in [5, 5.41) is 10.4. The van der Waals surface area contributed by atoms with Crippen LogP contribution in [0.1, 0.15) is 21.7 Å². The summed E-state index contributed by atoms with van der Waals surface area (Å²) in [7, 11) is 1.60. The van der Waals surface area contributed by atoms with Crippen molar-refractivity contribution in [2.75, 3.05) is 7.11 Å². The molecule has 0 unspecified atom stereocenters. The number of nitrogens with one attached hydrogen (secondary N) is 2. The van der Waals surface area contributed by atoms with Crippen LogP contribution in [0.25, 0.3) is 0 Å². The number of H-pyrrole nitrogens is 1. The topological polar surface area (TPSA) is 79.4 Å². The van der Waals surface area contributed by atoms with Gasteiger partial charge in [0.15, 0.2) is 5.69 Å². The number of halogens is 1. The van der Waals surface area contributed by atoms with Gasteiger partial charge in [0.25, 0.3) is 5.91 Å². The van der Waals surface area contributed by atoms with Gasteiger partial charge in [-0.2, -0.15) is 10.2 Å². The molecule has 0 saturated heterocycles. The van der Waals surface area contributed by atoms with E-state index >= 15 is 0 Å². The van der Waals surface area contributed by atoms with E-state index in [0.717, 1.165) is 21.5 Å². The van der Waals surface area contributed by atoms with Crippen LogP contribution < -0.4 is 10.2 Å². The summed E-state index contributed by atoms with van der Waals surface area (Å²) >= 11 is 3.38. The highest BCUT2D eigenvalue weighted by molar-refractivity contribution is 9.10. The molecule has 0 aliphatic rings. The summed E-state index contributed by atoms with van der Waals surface area (Å²) < 4.78 is 5.95. The van der Waals surface area contributed by atoms with Gasteiger partial charge >= 0.3 is 0 Å². The molecule has 0 spiro atoms. The van der Waals surface area contributed by atoms with Crippen LogP contribution in [-0.2, 0) is 0 Å². The number of hydrogen-bond donors (Lipinski definition) is 2.